The molecule has 8 amide bonds. The Balaban J connectivity index is 1.28. The molecule has 6 aromatic rings. The van der Waals surface area contributed by atoms with Crippen LogP contribution in [0.1, 0.15) is 120 Å². The number of amides is 8. The third-order valence-electron chi connectivity index (χ3n) is 16.1. The molecule has 0 aliphatic rings. The SMILES string of the molecule is CCCCCCCC(=O)NCCCC[C@H](NC(=O)[C@@H](Cc1c[nH]c2ccccc12)NC(=O)[C@@H](CCCN=C(N)N)NC(=O)[C@@H](Cc1c[nH]c2ccccc12)NC(=O)[C@@H](CCCN=C(N)N)NC(=O)[C@H](Cc1c[nH]c2ccccc12)NC(=O)[C@H](N)CCCN=C(N)N)C(N)=O. The molecule has 26 N–H and O–H groups in total. The van der Waals surface area contributed by atoms with E-state index in [1.54, 1.807) is 18.6 Å². The van der Waals surface area contributed by atoms with Crippen LogP contribution in [0.15, 0.2) is 106 Å². The number of primary amides is 1. The highest BCUT2D eigenvalue weighted by molar-refractivity contribution is 5.99. The molecule has 0 saturated carbocycles. The fourth-order valence-electron chi connectivity index (χ4n) is 11.0. The maximum atomic E-state index is 15.2. The molecule has 29 nitrogen and oxygen atoms in total. The number of nitrogens with zero attached hydrogens (tertiary/aromatic N) is 3. The van der Waals surface area contributed by atoms with Crippen molar-refractivity contribution in [3.8, 4) is 0 Å². The molecule has 0 bridgehead atoms. The number of hydrogen-bond acceptors (Lipinski definition) is 12. The van der Waals surface area contributed by atoms with Gasteiger partial charge in [0.25, 0.3) is 0 Å². The molecule has 0 saturated heterocycles. The van der Waals surface area contributed by atoms with Crippen LogP contribution in [-0.4, -0.2) is 149 Å². The lowest BCUT2D eigenvalue weighted by atomic mass is 10.0. The van der Waals surface area contributed by atoms with E-state index in [4.69, 9.17) is 45.9 Å². The fraction of sp³-hybridized carbons (Fsp3) is 0.462. The molecule has 0 aliphatic heterocycles. The van der Waals surface area contributed by atoms with Gasteiger partial charge >= 0.3 is 0 Å². The molecule has 0 aliphatic carbocycles. The van der Waals surface area contributed by atoms with E-state index in [0.717, 1.165) is 64.8 Å². The summed E-state index contributed by atoms with van der Waals surface area (Å²) in [6.45, 7) is 2.79. The summed E-state index contributed by atoms with van der Waals surface area (Å²) in [6.07, 6.45) is 12.1. The average molecular weight is 1300 g/mol. The number of nitrogens with two attached hydrogens (primary N) is 8. The van der Waals surface area contributed by atoms with Gasteiger partial charge in [-0.2, -0.15) is 0 Å². The molecule has 508 valence electrons. The molecule has 3 aromatic carbocycles. The van der Waals surface area contributed by atoms with Crippen molar-refractivity contribution >= 4 is 97.8 Å². The number of carbonyl (C=O) groups is 8. The minimum Gasteiger partial charge on any atom is -0.370 e. The largest absolute Gasteiger partial charge is 0.370 e. The van der Waals surface area contributed by atoms with Gasteiger partial charge in [0.15, 0.2) is 17.9 Å². The standard InChI is InChI=1S/C65H95N21O8/c1-2-3-4-5-6-28-55(87)74-29-14-13-25-49(56(67)88)81-60(92)53(34-40-37-79-47-23-11-8-19-43(40)47)85-58(90)51(27-17-32-77-65(72)73)83-62(94)54(35-41-38-80-48-24-12-9-20-44(41)48)86-59(91)50(26-16-31-76-64(70)71)82-61(93)52(33-39-36-78-46-22-10-7-18-42(39)46)84-57(89)45(66)21-15-30-75-63(68)69/h7-12,18-20,22-24,36-38,45,49-54,78-80H,2-6,13-17,21,25-35,66H2,1H3,(H2,67,88)(H,74,87)(H,81,92)(H,82,93)(H,83,94)(H,84,89)(H,85,90)(H,86,91)(H4,68,69,75)(H4,70,71,76)(H4,72,73,77)/t45-,49+,50-,51-,52+,53-,54-/m1/s1. The first-order valence-electron chi connectivity index (χ1n) is 32.2. The number of fused-ring (bicyclic) bond motifs is 3. The number of para-hydroxylation sites is 3. The van der Waals surface area contributed by atoms with E-state index in [-0.39, 0.29) is 101 Å². The third-order valence-corrected chi connectivity index (χ3v) is 16.1. The van der Waals surface area contributed by atoms with Crippen molar-refractivity contribution in [3.63, 3.8) is 0 Å². The van der Waals surface area contributed by atoms with Gasteiger partial charge in [-0.15, -0.1) is 0 Å². The second kappa shape index (κ2) is 38.0. The van der Waals surface area contributed by atoms with Crippen LogP contribution in [0.4, 0.5) is 0 Å². The van der Waals surface area contributed by atoms with Crippen LogP contribution < -0.4 is 83.1 Å². The Bertz CT molecular complexity index is 3560. The number of benzene rings is 3. The zero-order chi connectivity index (χ0) is 67.9. The maximum Gasteiger partial charge on any atom is 0.243 e. The first kappa shape index (κ1) is 72.9. The molecule has 3 heterocycles. The number of nitrogens with one attached hydrogen (secondary N) is 10. The zero-order valence-electron chi connectivity index (χ0n) is 53.5. The number of guanidine groups is 3. The summed E-state index contributed by atoms with van der Waals surface area (Å²) >= 11 is 0. The van der Waals surface area contributed by atoms with Gasteiger partial charge in [0.2, 0.25) is 47.3 Å². The van der Waals surface area contributed by atoms with Gasteiger partial charge in [0.1, 0.15) is 36.3 Å². The summed E-state index contributed by atoms with van der Waals surface area (Å²) in [5.41, 5.74) is 50.1. The summed E-state index contributed by atoms with van der Waals surface area (Å²) in [6, 6.07) is 12.9. The quantitative estimate of drug-likeness (QED) is 0.0142. The number of aromatic amines is 3. The topological polar surface area (TPSA) is 513 Å². The molecule has 29 heteroatoms. The minimum atomic E-state index is -1.46. The molecular weight excluding hydrogens is 1200 g/mol. The monoisotopic (exact) mass is 1300 g/mol. The number of unbranched alkanes of at least 4 members (excludes halogenated alkanes) is 5. The summed E-state index contributed by atoms with van der Waals surface area (Å²) < 4.78 is 0. The van der Waals surface area contributed by atoms with E-state index in [9.17, 15) is 24.0 Å². The molecule has 94 heavy (non-hydrogen) atoms. The number of aliphatic imine (C=N–C) groups is 3. The van der Waals surface area contributed by atoms with Gasteiger partial charge in [-0.1, -0.05) is 87.2 Å². The fourth-order valence-corrected chi connectivity index (χ4v) is 11.0. The van der Waals surface area contributed by atoms with Crippen molar-refractivity contribution in [2.45, 2.75) is 165 Å². The Morgan fingerprint density at radius 2 is 0.755 bits per heavy atom. The molecule has 3 aromatic heterocycles. The number of rotatable bonds is 42. The Labute approximate surface area is 546 Å². The Kier molecular flexibility index (Phi) is 29.4. The predicted octanol–water partition coefficient (Wildman–Crippen LogP) is 0.688. The van der Waals surface area contributed by atoms with Crippen LogP contribution in [0.2, 0.25) is 0 Å². The summed E-state index contributed by atoms with van der Waals surface area (Å²) in [7, 11) is 0. The summed E-state index contributed by atoms with van der Waals surface area (Å²) in [5, 5.41) is 22.1. The number of aromatic nitrogens is 3. The molecule has 0 spiro atoms. The van der Waals surface area contributed by atoms with E-state index in [1.807, 2.05) is 72.8 Å². The molecule has 0 unspecified atom stereocenters. The minimum absolute atomic E-state index is 0.0358. The van der Waals surface area contributed by atoms with Crippen LogP contribution in [-0.2, 0) is 57.6 Å². The van der Waals surface area contributed by atoms with Crippen molar-refractivity contribution in [3.05, 3.63) is 108 Å². The lowest BCUT2D eigenvalue weighted by molar-refractivity contribution is -0.135. The van der Waals surface area contributed by atoms with Gasteiger partial charge in [-0.05, 0) is 99.1 Å². The molecule has 6 rings (SSSR count). The van der Waals surface area contributed by atoms with Crippen LogP contribution in [0.3, 0.4) is 0 Å². The second-order valence-corrected chi connectivity index (χ2v) is 23.4. The van der Waals surface area contributed by atoms with Crippen LogP contribution in [0.5, 0.6) is 0 Å². The predicted molar refractivity (Wildman–Crippen MR) is 365 cm³/mol. The Morgan fingerprint density at radius 1 is 0.404 bits per heavy atom. The number of carbonyl (C=O) groups excluding carboxylic acids is 8. The molecule has 0 fully saturated rings. The van der Waals surface area contributed by atoms with Gasteiger partial charge in [0.05, 0.1) is 6.04 Å². The smallest absolute Gasteiger partial charge is 0.243 e. The molecule has 0 radical (unpaired) electrons. The molecule has 7 atom stereocenters. The summed E-state index contributed by atoms with van der Waals surface area (Å²) in [4.78, 5) is 136. The second-order valence-electron chi connectivity index (χ2n) is 23.4. The van der Waals surface area contributed by atoms with Gasteiger partial charge in [-0.3, -0.25) is 53.3 Å². The van der Waals surface area contributed by atoms with E-state index in [2.05, 4.69) is 74.1 Å². The van der Waals surface area contributed by atoms with Gasteiger partial charge < -0.3 is 98.0 Å². The lowest BCUT2D eigenvalue weighted by Gasteiger charge is -2.28. The first-order valence-corrected chi connectivity index (χ1v) is 32.2. The van der Waals surface area contributed by atoms with Crippen molar-refractivity contribution in [1.82, 2.24) is 52.2 Å². The van der Waals surface area contributed by atoms with Crippen molar-refractivity contribution in [2.24, 2.45) is 60.8 Å². The van der Waals surface area contributed by atoms with Crippen molar-refractivity contribution in [2.75, 3.05) is 26.2 Å². The van der Waals surface area contributed by atoms with E-state index >= 15 is 14.4 Å². The average Bonchev–Trinajstić information content (AvgIpc) is 1.67. The first-order chi connectivity index (χ1) is 45.2. The Hall–Kier alpha value is -10.2. The highest BCUT2D eigenvalue weighted by Crippen LogP contribution is 2.23. The number of hydrogen-bond donors (Lipinski definition) is 18. The number of H-pyrrole nitrogens is 3. The maximum absolute atomic E-state index is 15.2. The van der Waals surface area contributed by atoms with Crippen LogP contribution in [0, 0.1) is 0 Å². The lowest BCUT2D eigenvalue weighted by Crippen LogP contribution is -2.60. The van der Waals surface area contributed by atoms with E-state index in [1.165, 1.54) is 0 Å². The normalized spacial score (nSPS) is 13.4. The van der Waals surface area contributed by atoms with Crippen LogP contribution >= 0.6 is 0 Å². The zero-order valence-corrected chi connectivity index (χ0v) is 53.5. The van der Waals surface area contributed by atoms with Crippen molar-refractivity contribution < 1.29 is 38.4 Å². The van der Waals surface area contributed by atoms with Crippen LogP contribution in [0.25, 0.3) is 32.7 Å². The van der Waals surface area contributed by atoms with Gasteiger partial charge in [-0.25, -0.2) is 0 Å². The Morgan fingerprint density at radius 3 is 1.16 bits per heavy atom. The highest BCUT2D eigenvalue weighted by atomic mass is 16.2. The molecular formula is C65H95N21O8. The van der Waals surface area contributed by atoms with Crippen molar-refractivity contribution in [1.29, 1.82) is 0 Å². The summed E-state index contributed by atoms with van der Waals surface area (Å²) in [5.74, 6) is -6.03. The van der Waals surface area contributed by atoms with E-state index in [0.29, 0.717) is 48.9 Å². The van der Waals surface area contributed by atoms with E-state index < -0.39 is 83.6 Å². The third kappa shape index (κ3) is 23.8. The highest BCUT2D eigenvalue weighted by Gasteiger charge is 2.35. The van der Waals surface area contributed by atoms with Gasteiger partial charge in [0, 0.05) is 103 Å².